The van der Waals surface area contributed by atoms with E-state index in [2.05, 4.69) is 0 Å². The highest BCUT2D eigenvalue weighted by molar-refractivity contribution is 6.11. The molecule has 0 saturated carbocycles. The minimum absolute atomic E-state index is 0.0683. The van der Waals surface area contributed by atoms with E-state index in [9.17, 15) is 9.59 Å². The van der Waals surface area contributed by atoms with Gasteiger partial charge in [-0.2, -0.15) is 0 Å². The van der Waals surface area contributed by atoms with Crippen LogP contribution in [0.3, 0.4) is 0 Å². The lowest BCUT2D eigenvalue weighted by molar-refractivity contribution is -0.131. The Labute approximate surface area is 164 Å². The van der Waals surface area contributed by atoms with Crippen LogP contribution >= 0.6 is 0 Å². The van der Waals surface area contributed by atoms with Gasteiger partial charge in [-0.1, -0.05) is 36.4 Å². The molecular formula is C24H22O4. The topological polar surface area (TPSA) is 63.6 Å². The lowest BCUT2D eigenvalue weighted by Crippen LogP contribution is -2.02. The van der Waals surface area contributed by atoms with E-state index in [1.54, 1.807) is 38.3 Å². The third kappa shape index (κ3) is 3.67. The van der Waals surface area contributed by atoms with Crippen molar-refractivity contribution in [2.24, 2.45) is 0 Å². The molecule has 142 valence electrons. The molecule has 0 saturated heterocycles. The van der Waals surface area contributed by atoms with Crippen LogP contribution in [0.15, 0.2) is 54.6 Å². The zero-order chi connectivity index (χ0) is 20.4. The van der Waals surface area contributed by atoms with Gasteiger partial charge >= 0.3 is 5.97 Å². The Balaban J connectivity index is 1.97. The normalized spacial score (nSPS) is 11.5. The molecule has 28 heavy (non-hydrogen) atoms. The van der Waals surface area contributed by atoms with Gasteiger partial charge in [0.15, 0.2) is 5.78 Å². The predicted octanol–water partition coefficient (Wildman–Crippen LogP) is 5.18. The first-order chi connectivity index (χ1) is 13.3. The number of carboxylic acid groups (broad SMARTS) is 1. The third-order valence-electron chi connectivity index (χ3n) is 4.99. The third-order valence-corrected chi connectivity index (χ3v) is 4.99. The molecule has 0 atom stereocenters. The van der Waals surface area contributed by atoms with Gasteiger partial charge in [0.1, 0.15) is 5.75 Å². The molecule has 0 aliphatic rings. The monoisotopic (exact) mass is 374 g/mol. The fraction of sp³-hybridized carbons (Fsp3) is 0.167. The maximum absolute atomic E-state index is 12.9. The maximum Gasteiger partial charge on any atom is 0.328 e. The number of carbonyl (C=O) groups is 2. The number of hydrogen-bond donors (Lipinski definition) is 1. The van der Waals surface area contributed by atoms with Crippen molar-refractivity contribution in [3.63, 3.8) is 0 Å². The number of hydrogen-bond acceptors (Lipinski definition) is 3. The summed E-state index contributed by atoms with van der Waals surface area (Å²) >= 11 is 0. The summed E-state index contributed by atoms with van der Waals surface area (Å²) in [6, 6.07) is 14.7. The molecule has 0 heterocycles. The largest absolute Gasteiger partial charge is 0.496 e. The summed E-state index contributed by atoms with van der Waals surface area (Å²) in [5.41, 5.74) is 4.69. The molecule has 4 nitrogen and oxygen atoms in total. The van der Waals surface area contributed by atoms with Gasteiger partial charge in [-0.25, -0.2) is 4.79 Å². The van der Waals surface area contributed by atoms with Gasteiger partial charge in [-0.3, -0.25) is 4.79 Å². The summed E-state index contributed by atoms with van der Waals surface area (Å²) in [6.07, 6.45) is 1.15. The molecule has 0 bridgehead atoms. The number of aryl methyl sites for hydroxylation is 2. The van der Waals surface area contributed by atoms with Crippen molar-refractivity contribution in [3.8, 4) is 5.75 Å². The predicted molar refractivity (Wildman–Crippen MR) is 111 cm³/mol. The second kappa shape index (κ2) is 7.69. The highest BCUT2D eigenvalue weighted by Crippen LogP contribution is 2.31. The number of aliphatic carboxylic acids is 1. The Morgan fingerprint density at radius 1 is 0.893 bits per heavy atom. The van der Waals surface area contributed by atoms with Crippen LogP contribution in [-0.2, 0) is 4.79 Å². The van der Waals surface area contributed by atoms with Crippen LogP contribution in [0, 0.1) is 13.8 Å². The average molecular weight is 374 g/mol. The zero-order valence-electron chi connectivity index (χ0n) is 16.4. The van der Waals surface area contributed by atoms with Gasteiger partial charge in [-0.15, -0.1) is 0 Å². The van der Waals surface area contributed by atoms with Crippen molar-refractivity contribution in [1.82, 2.24) is 0 Å². The molecule has 0 aromatic heterocycles. The molecule has 0 aliphatic heterocycles. The van der Waals surface area contributed by atoms with E-state index in [0.717, 1.165) is 39.3 Å². The van der Waals surface area contributed by atoms with E-state index in [1.165, 1.54) is 0 Å². The van der Waals surface area contributed by atoms with E-state index < -0.39 is 5.97 Å². The first-order valence-electron chi connectivity index (χ1n) is 8.96. The van der Waals surface area contributed by atoms with Crippen molar-refractivity contribution in [3.05, 3.63) is 82.4 Å². The van der Waals surface area contributed by atoms with Gasteiger partial charge in [-0.05, 0) is 65.9 Å². The van der Waals surface area contributed by atoms with Crippen LogP contribution in [0.5, 0.6) is 5.75 Å². The standard InChI is InChI=1S/C24H22O4/c1-14(12-23(25)26)17-5-7-18(8-6-17)24(27)19-9-10-20-16(3)22(28-4)11-15(2)21(20)13-19/h5-13H,1-4H3,(H,25,26). The minimum Gasteiger partial charge on any atom is -0.496 e. The molecule has 4 heteroatoms. The van der Waals surface area contributed by atoms with Crippen LogP contribution in [0.1, 0.15) is 39.5 Å². The number of methoxy groups -OCH3 is 1. The lowest BCUT2D eigenvalue weighted by atomic mass is 9.94. The first-order valence-corrected chi connectivity index (χ1v) is 8.96. The average Bonchev–Trinajstić information content (AvgIpc) is 2.69. The molecule has 0 fully saturated rings. The lowest BCUT2D eigenvalue weighted by Gasteiger charge is -2.12. The molecule has 0 aliphatic carbocycles. The second-order valence-electron chi connectivity index (χ2n) is 6.85. The Morgan fingerprint density at radius 3 is 2.11 bits per heavy atom. The molecule has 3 aromatic rings. The fourth-order valence-electron chi connectivity index (χ4n) is 3.39. The number of ketones is 1. The Kier molecular flexibility index (Phi) is 5.32. The van der Waals surface area contributed by atoms with E-state index in [0.29, 0.717) is 16.7 Å². The summed E-state index contributed by atoms with van der Waals surface area (Å²) in [5, 5.41) is 11.0. The summed E-state index contributed by atoms with van der Waals surface area (Å²) in [5.74, 6) is -0.221. The van der Waals surface area contributed by atoms with Crippen molar-refractivity contribution in [2.45, 2.75) is 20.8 Å². The summed E-state index contributed by atoms with van der Waals surface area (Å²) in [6.45, 7) is 5.74. The molecule has 0 unspecified atom stereocenters. The molecule has 3 aromatic carbocycles. The van der Waals surface area contributed by atoms with Crippen LogP contribution in [0.4, 0.5) is 0 Å². The van der Waals surface area contributed by atoms with E-state index in [4.69, 9.17) is 9.84 Å². The van der Waals surface area contributed by atoms with Gasteiger partial charge in [0.25, 0.3) is 0 Å². The smallest absolute Gasteiger partial charge is 0.328 e. The van der Waals surface area contributed by atoms with Gasteiger partial charge in [0.2, 0.25) is 0 Å². The van der Waals surface area contributed by atoms with Crippen LogP contribution in [0.2, 0.25) is 0 Å². The number of carboxylic acids is 1. The Hall–Kier alpha value is -3.40. The van der Waals surface area contributed by atoms with Crippen LogP contribution < -0.4 is 4.74 Å². The summed E-state index contributed by atoms with van der Waals surface area (Å²) < 4.78 is 5.43. The quantitative estimate of drug-likeness (QED) is 0.493. The molecule has 0 radical (unpaired) electrons. The summed E-state index contributed by atoms with van der Waals surface area (Å²) in [4.78, 5) is 23.7. The number of benzene rings is 3. The minimum atomic E-state index is -0.990. The summed E-state index contributed by atoms with van der Waals surface area (Å²) in [7, 11) is 1.66. The van der Waals surface area contributed by atoms with E-state index in [1.807, 2.05) is 38.1 Å². The van der Waals surface area contributed by atoms with Crippen LogP contribution in [0.25, 0.3) is 16.3 Å². The van der Waals surface area contributed by atoms with Crippen molar-refractivity contribution >= 4 is 28.1 Å². The highest BCUT2D eigenvalue weighted by Gasteiger charge is 2.13. The molecular weight excluding hydrogens is 352 g/mol. The second-order valence-corrected chi connectivity index (χ2v) is 6.85. The van der Waals surface area contributed by atoms with Gasteiger partial charge in [0, 0.05) is 17.2 Å². The number of carbonyl (C=O) groups excluding carboxylic acids is 1. The Bertz CT molecular complexity index is 1110. The number of ether oxygens (including phenoxy) is 1. The highest BCUT2D eigenvalue weighted by atomic mass is 16.5. The molecule has 0 spiro atoms. The van der Waals surface area contributed by atoms with Crippen molar-refractivity contribution < 1.29 is 19.4 Å². The molecule has 0 amide bonds. The SMILES string of the molecule is COc1cc(C)c2cc(C(=O)c3ccc(C(C)=CC(=O)O)cc3)ccc2c1C. The maximum atomic E-state index is 12.9. The van der Waals surface area contributed by atoms with Crippen LogP contribution in [-0.4, -0.2) is 24.0 Å². The zero-order valence-corrected chi connectivity index (χ0v) is 16.4. The van der Waals surface area contributed by atoms with Crippen molar-refractivity contribution in [2.75, 3.05) is 7.11 Å². The number of rotatable bonds is 5. The molecule has 1 N–H and O–H groups in total. The number of allylic oxidation sites excluding steroid dienone is 1. The van der Waals surface area contributed by atoms with E-state index in [-0.39, 0.29) is 5.78 Å². The first kappa shape index (κ1) is 19.4. The van der Waals surface area contributed by atoms with Gasteiger partial charge in [0.05, 0.1) is 7.11 Å². The van der Waals surface area contributed by atoms with Crippen molar-refractivity contribution in [1.29, 1.82) is 0 Å². The van der Waals surface area contributed by atoms with Gasteiger partial charge < -0.3 is 9.84 Å². The molecule has 3 rings (SSSR count). The fourth-order valence-corrected chi connectivity index (χ4v) is 3.39. The number of fused-ring (bicyclic) bond motifs is 1. The Morgan fingerprint density at radius 2 is 1.50 bits per heavy atom. The van der Waals surface area contributed by atoms with E-state index >= 15 is 0 Å².